The first-order chi connectivity index (χ1) is 14.0. The lowest BCUT2D eigenvalue weighted by Gasteiger charge is -2.17. The molecule has 3 rings (SSSR count). The standard InChI is InChI=1S/C21H26N2O6/c1-3-14-15(6-7-29-11-12(25)10-24)20(19(27)9-18(14)26)21-16-5-4-13(28-2)8-17(16)22-23-21/h4-5,8-9,12,24-27H,3,6-7,10-11H2,1-2H3,(H,22,23). The second-order valence-corrected chi connectivity index (χ2v) is 6.75. The fourth-order valence-electron chi connectivity index (χ4n) is 3.45. The number of benzene rings is 2. The number of methoxy groups -OCH3 is 1. The summed E-state index contributed by atoms with van der Waals surface area (Å²) < 4.78 is 10.7. The number of aromatic hydroxyl groups is 2. The molecular weight excluding hydrogens is 376 g/mol. The van der Waals surface area contributed by atoms with Crippen molar-refractivity contribution in [3.8, 4) is 28.5 Å². The SMILES string of the molecule is CCc1c(O)cc(O)c(-c2n[nH]c3cc(OC)ccc23)c1CCOCC(O)CO. The number of rotatable bonds is 9. The Labute approximate surface area is 168 Å². The number of nitrogens with zero attached hydrogens (tertiary/aromatic N) is 1. The fraction of sp³-hybridized carbons (Fsp3) is 0.381. The third kappa shape index (κ3) is 4.29. The van der Waals surface area contributed by atoms with Gasteiger partial charge in [0, 0.05) is 23.1 Å². The molecule has 29 heavy (non-hydrogen) atoms. The topological polar surface area (TPSA) is 128 Å². The predicted molar refractivity (Wildman–Crippen MR) is 108 cm³/mol. The number of nitrogens with one attached hydrogen (secondary N) is 1. The Kier molecular flexibility index (Phi) is 6.58. The minimum atomic E-state index is -0.942. The maximum atomic E-state index is 10.7. The second kappa shape index (κ2) is 9.13. The zero-order valence-electron chi connectivity index (χ0n) is 16.5. The van der Waals surface area contributed by atoms with Crippen molar-refractivity contribution >= 4 is 10.9 Å². The number of hydrogen-bond acceptors (Lipinski definition) is 7. The first-order valence-corrected chi connectivity index (χ1v) is 9.45. The van der Waals surface area contributed by atoms with Crippen LogP contribution in [0, 0.1) is 0 Å². The van der Waals surface area contributed by atoms with E-state index < -0.39 is 6.10 Å². The number of phenols is 2. The summed E-state index contributed by atoms with van der Waals surface area (Å²) in [6, 6.07) is 6.84. The third-order valence-electron chi connectivity index (χ3n) is 4.88. The monoisotopic (exact) mass is 402 g/mol. The van der Waals surface area contributed by atoms with E-state index in [1.807, 2.05) is 25.1 Å². The van der Waals surface area contributed by atoms with Gasteiger partial charge in [-0.15, -0.1) is 0 Å². The van der Waals surface area contributed by atoms with Crippen molar-refractivity contribution in [3.63, 3.8) is 0 Å². The van der Waals surface area contributed by atoms with Crippen LogP contribution in [0.15, 0.2) is 24.3 Å². The van der Waals surface area contributed by atoms with Crippen molar-refractivity contribution in [1.82, 2.24) is 10.2 Å². The first-order valence-electron chi connectivity index (χ1n) is 9.45. The summed E-state index contributed by atoms with van der Waals surface area (Å²) in [7, 11) is 1.59. The van der Waals surface area contributed by atoms with E-state index in [0.29, 0.717) is 35.4 Å². The number of aromatic amines is 1. The first kappa shape index (κ1) is 20.9. The summed E-state index contributed by atoms with van der Waals surface area (Å²) in [5.74, 6) is 0.628. The number of hydrogen-bond donors (Lipinski definition) is 5. The molecule has 8 nitrogen and oxygen atoms in total. The summed E-state index contributed by atoms with van der Waals surface area (Å²) in [5, 5.41) is 47.5. The molecule has 0 fully saturated rings. The number of aromatic nitrogens is 2. The summed E-state index contributed by atoms with van der Waals surface area (Å²) in [6.45, 7) is 1.80. The van der Waals surface area contributed by atoms with Crippen LogP contribution in [0.3, 0.4) is 0 Å². The molecule has 0 radical (unpaired) electrons. The van der Waals surface area contributed by atoms with Crippen LogP contribution >= 0.6 is 0 Å². The van der Waals surface area contributed by atoms with Crippen molar-refractivity contribution in [2.24, 2.45) is 0 Å². The Morgan fingerprint density at radius 2 is 1.93 bits per heavy atom. The molecule has 0 saturated carbocycles. The highest BCUT2D eigenvalue weighted by molar-refractivity contribution is 5.96. The average Bonchev–Trinajstić information content (AvgIpc) is 3.13. The van der Waals surface area contributed by atoms with Crippen molar-refractivity contribution in [3.05, 3.63) is 35.4 Å². The molecule has 0 amide bonds. The highest BCUT2D eigenvalue weighted by atomic mass is 16.5. The van der Waals surface area contributed by atoms with E-state index in [9.17, 15) is 15.3 Å². The minimum Gasteiger partial charge on any atom is -0.508 e. The number of H-pyrrole nitrogens is 1. The maximum absolute atomic E-state index is 10.7. The van der Waals surface area contributed by atoms with Gasteiger partial charge >= 0.3 is 0 Å². The van der Waals surface area contributed by atoms with Gasteiger partial charge in [0.15, 0.2) is 0 Å². The van der Waals surface area contributed by atoms with Crippen LogP contribution in [-0.4, -0.2) is 63.7 Å². The summed E-state index contributed by atoms with van der Waals surface area (Å²) in [6.07, 6.45) is 0.00970. The molecule has 3 aromatic rings. The summed E-state index contributed by atoms with van der Waals surface area (Å²) in [5.41, 5.74) is 3.29. The normalized spacial score (nSPS) is 12.4. The Morgan fingerprint density at radius 3 is 2.62 bits per heavy atom. The Hall–Kier alpha value is -2.81. The van der Waals surface area contributed by atoms with Gasteiger partial charge in [0.1, 0.15) is 29.0 Å². The van der Waals surface area contributed by atoms with Gasteiger partial charge in [-0.2, -0.15) is 5.10 Å². The predicted octanol–water partition coefficient (Wildman–Crippen LogP) is 2.12. The molecule has 2 aromatic carbocycles. The Bertz CT molecular complexity index is 985. The number of aliphatic hydroxyl groups excluding tert-OH is 2. The second-order valence-electron chi connectivity index (χ2n) is 6.75. The molecule has 156 valence electrons. The van der Waals surface area contributed by atoms with Crippen molar-refractivity contribution < 1.29 is 29.9 Å². The van der Waals surface area contributed by atoms with Gasteiger partial charge in [-0.05, 0) is 36.1 Å². The van der Waals surface area contributed by atoms with Crippen molar-refractivity contribution in [1.29, 1.82) is 0 Å². The van der Waals surface area contributed by atoms with E-state index in [1.54, 1.807) is 7.11 Å². The minimum absolute atomic E-state index is 0.00319. The molecule has 1 aromatic heterocycles. The van der Waals surface area contributed by atoms with Crippen molar-refractivity contribution in [2.75, 3.05) is 26.9 Å². The van der Waals surface area contributed by atoms with Gasteiger partial charge in [0.2, 0.25) is 0 Å². The van der Waals surface area contributed by atoms with Gasteiger partial charge in [-0.1, -0.05) is 6.92 Å². The highest BCUT2D eigenvalue weighted by Gasteiger charge is 2.22. The molecule has 1 heterocycles. The quantitative estimate of drug-likeness (QED) is 0.347. The number of phenolic OH excluding ortho intramolecular Hbond substituents is 2. The van der Waals surface area contributed by atoms with E-state index in [1.165, 1.54) is 6.07 Å². The number of fused-ring (bicyclic) bond motifs is 1. The molecule has 0 spiro atoms. The molecule has 0 aliphatic heterocycles. The van der Waals surface area contributed by atoms with Crippen LogP contribution in [0.2, 0.25) is 0 Å². The average molecular weight is 402 g/mol. The van der Waals surface area contributed by atoms with Crippen molar-refractivity contribution in [2.45, 2.75) is 25.9 Å². The Balaban J connectivity index is 2.04. The van der Waals surface area contributed by atoms with Crippen LogP contribution in [0.4, 0.5) is 0 Å². The lowest BCUT2D eigenvalue weighted by Crippen LogP contribution is -2.20. The molecule has 1 atom stereocenters. The van der Waals surface area contributed by atoms with Gasteiger partial charge in [-0.3, -0.25) is 5.10 Å². The van der Waals surface area contributed by atoms with Crippen LogP contribution in [0.5, 0.6) is 17.2 Å². The lowest BCUT2D eigenvalue weighted by molar-refractivity contribution is 0.00720. The molecule has 5 N–H and O–H groups in total. The molecular formula is C21H26N2O6. The molecule has 0 bridgehead atoms. The molecule has 0 aliphatic carbocycles. The van der Waals surface area contributed by atoms with E-state index in [-0.39, 0.29) is 31.3 Å². The lowest BCUT2D eigenvalue weighted by atomic mass is 9.92. The zero-order chi connectivity index (χ0) is 21.0. The van der Waals surface area contributed by atoms with E-state index in [2.05, 4.69) is 10.2 Å². The molecule has 1 unspecified atom stereocenters. The van der Waals surface area contributed by atoms with Gasteiger partial charge in [0.05, 0.1) is 32.4 Å². The van der Waals surface area contributed by atoms with Gasteiger partial charge in [0.25, 0.3) is 0 Å². The number of aliphatic hydroxyl groups is 2. The van der Waals surface area contributed by atoms with Crippen LogP contribution in [0.1, 0.15) is 18.1 Å². The Morgan fingerprint density at radius 1 is 1.14 bits per heavy atom. The summed E-state index contributed by atoms with van der Waals surface area (Å²) >= 11 is 0. The summed E-state index contributed by atoms with van der Waals surface area (Å²) in [4.78, 5) is 0. The van der Waals surface area contributed by atoms with Crippen LogP contribution in [-0.2, 0) is 17.6 Å². The van der Waals surface area contributed by atoms with Gasteiger partial charge in [-0.25, -0.2) is 0 Å². The van der Waals surface area contributed by atoms with E-state index >= 15 is 0 Å². The maximum Gasteiger partial charge on any atom is 0.129 e. The molecule has 0 saturated heterocycles. The molecule has 0 aliphatic rings. The third-order valence-corrected chi connectivity index (χ3v) is 4.88. The molecule has 8 heteroatoms. The smallest absolute Gasteiger partial charge is 0.129 e. The van der Waals surface area contributed by atoms with E-state index in [4.69, 9.17) is 14.6 Å². The van der Waals surface area contributed by atoms with Gasteiger partial charge < -0.3 is 29.9 Å². The van der Waals surface area contributed by atoms with Crippen LogP contribution in [0.25, 0.3) is 22.2 Å². The fourth-order valence-corrected chi connectivity index (χ4v) is 3.45. The number of ether oxygens (including phenoxy) is 2. The zero-order valence-corrected chi connectivity index (χ0v) is 16.5. The van der Waals surface area contributed by atoms with E-state index in [0.717, 1.165) is 16.5 Å². The highest BCUT2D eigenvalue weighted by Crippen LogP contribution is 2.42. The largest absolute Gasteiger partial charge is 0.508 e. The van der Waals surface area contributed by atoms with Crippen LogP contribution < -0.4 is 4.74 Å².